The number of nitrogens with two attached hydrogens (primary N) is 1. The Kier molecular flexibility index (Phi) is 5.09. The van der Waals surface area contributed by atoms with E-state index in [1.54, 1.807) is 4.90 Å². The maximum Gasteiger partial charge on any atom is 0.410 e. The number of halogens is 1. The van der Waals surface area contributed by atoms with E-state index in [2.05, 4.69) is 4.90 Å². The van der Waals surface area contributed by atoms with Crippen molar-refractivity contribution < 1.29 is 13.9 Å². The van der Waals surface area contributed by atoms with Gasteiger partial charge in [0.2, 0.25) is 0 Å². The molecule has 0 radical (unpaired) electrons. The Hall–Kier alpha value is -0.880. The SMILES string of the molecule is CC(C)(C)OC(=O)N1CCN(C2CCC(N)C[C@H]2F)CC1. The van der Waals surface area contributed by atoms with Crippen LogP contribution in [0.1, 0.15) is 40.0 Å². The van der Waals surface area contributed by atoms with Gasteiger partial charge in [-0.15, -0.1) is 0 Å². The molecule has 122 valence electrons. The predicted molar refractivity (Wildman–Crippen MR) is 79.9 cm³/mol. The number of amides is 1. The number of carbonyl (C=O) groups excluding carboxylic acids is 1. The number of ether oxygens (including phenoxy) is 1. The monoisotopic (exact) mass is 301 g/mol. The standard InChI is InChI=1S/C15H28FN3O2/c1-15(2,3)21-14(20)19-8-6-18(7-9-19)13-5-4-11(17)10-12(13)16/h11-13H,4-10,17H2,1-3H3/t11?,12-,13?/m1/s1. The van der Waals surface area contributed by atoms with Gasteiger partial charge in [-0.05, 0) is 40.0 Å². The zero-order valence-corrected chi connectivity index (χ0v) is 13.3. The first kappa shape index (κ1) is 16.5. The van der Waals surface area contributed by atoms with Crippen molar-refractivity contribution in [1.82, 2.24) is 9.80 Å². The van der Waals surface area contributed by atoms with Crippen LogP contribution in [0.3, 0.4) is 0 Å². The summed E-state index contributed by atoms with van der Waals surface area (Å²) in [7, 11) is 0. The van der Waals surface area contributed by atoms with Crippen LogP contribution in [0.25, 0.3) is 0 Å². The van der Waals surface area contributed by atoms with E-state index in [1.807, 2.05) is 20.8 Å². The summed E-state index contributed by atoms with van der Waals surface area (Å²) in [5, 5.41) is 0. The summed E-state index contributed by atoms with van der Waals surface area (Å²) in [6.07, 6.45) is 1.04. The number of nitrogens with zero attached hydrogens (tertiary/aromatic N) is 2. The molecule has 1 saturated carbocycles. The van der Waals surface area contributed by atoms with Gasteiger partial charge >= 0.3 is 6.09 Å². The van der Waals surface area contributed by atoms with Crippen LogP contribution >= 0.6 is 0 Å². The minimum absolute atomic E-state index is 0.000646. The van der Waals surface area contributed by atoms with E-state index in [0.29, 0.717) is 32.6 Å². The third-order valence-electron chi connectivity index (χ3n) is 4.21. The van der Waals surface area contributed by atoms with Crippen molar-refractivity contribution >= 4 is 6.09 Å². The lowest BCUT2D eigenvalue weighted by molar-refractivity contribution is -0.00137. The van der Waals surface area contributed by atoms with Crippen molar-refractivity contribution in [2.24, 2.45) is 5.73 Å². The maximum absolute atomic E-state index is 14.1. The van der Waals surface area contributed by atoms with Crippen molar-refractivity contribution in [3.8, 4) is 0 Å². The fourth-order valence-corrected chi connectivity index (χ4v) is 3.10. The molecule has 2 aliphatic rings. The van der Waals surface area contributed by atoms with Crippen LogP contribution in [0.5, 0.6) is 0 Å². The molecule has 6 heteroatoms. The molecule has 1 saturated heterocycles. The van der Waals surface area contributed by atoms with Gasteiger partial charge < -0.3 is 15.4 Å². The van der Waals surface area contributed by atoms with Crippen molar-refractivity contribution in [3.05, 3.63) is 0 Å². The highest BCUT2D eigenvalue weighted by molar-refractivity contribution is 5.68. The molecular weight excluding hydrogens is 273 g/mol. The molecule has 0 aromatic carbocycles. The summed E-state index contributed by atoms with van der Waals surface area (Å²) in [5.41, 5.74) is 5.34. The molecule has 2 rings (SSSR count). The molecule has 1 aliphatic heterocycles. The Bertz CT molecular complexity index is 364. The summed E-state index contributed by atoms with van der Waals surface area (Å²) in [5.74, 6) is 0. The summed E-state index contributed by atoms with van der Waals surface area (Å²) in [6, 6.07) is -0.0371. The fourth-order valence-electron chi connectivity index (χ4n) is 3.10. The zero-order chi connectivity index (χ0) is 15.6. The quantitative estimate of drug-likeness (QED) is 0.802. The highest BCUT2D eigenvalue weighted by atomic mass is 19.1. The molecule has 5 nitrogen and oxygen atoms in total. The lowest BCUT2D eigenvalue weighted by Crippen LogP contribution is -2.56. The second kappa shape index (κ2) is 6.48. The molecule has 1 aliphatic carbocycles. The van der Waals surface area contributed by atoms with Gasteiger partial charge in [0.25, 0.3) is 0 Å². The highest BCUT2D eigenvalue weighted by Crippen LogP contribution is 2.26. The maximum atomic E-state index is 14.1. The average Bonchev–Trinajstić information content (AvgIpc) is 2.37. The van der Waals surface area contributed by atoms with E-state index in [9.17, 15) is 9.18 Å². The first-order valence-corrected chi connectivity index (χ1v) is 7.88. The van der Waals surface area contributed by atoms with Crippen molar-refractivity contribution in [2.75, 3.05) is 26.2 Å². The third-order valence-corrected chi connectivity index (χ3v) is 4.21. The molecule has 1 heterocycles. The minimum Gasteiger partial charge on any atom is -0.444 e. The van der Waals surface area contributed by atoms with E-state index in [-0.39, 0.29) is 18.2 Å². The largest absolute Gasteiger partial charge is 0.444 e. The van der Waals surface area contributed by atoms with Crippen LogP contribution in [0, 0.1) is 0 Å². The highest BCUT2D eigenvalue weighted by Gasteiger charge is 2.35. The Morgan fingerprint density at radius 1 is 1.19 bits per heavy atom. The van der Waals surface area contributed by atoms with Gasteiger partial charge in [0, 0.05) is 38.3 Å². The Morgan fingerprint density at radius 3 is 2.33 bits per heavy atom. The molecule has 2 fully saturated rings. The molecule has 0 bridgehead atoms. The third kappa shape index (κ3) is 4.54. The van der Waals surface area contributed by atoms with Gasteiger partial charge in [0.15, 0.2) is 0 Å². The van der Waals surface area contributed by atoms with Crippen molar-refractivity contribution in [1.29, 1.82) is 0 Å². The average molecular weight is 301 g/mol. The van der Waals surface area contributed by atoms with Crippen LogP contribution in [0.4, 0.5) is 9.18 Å². The molecule has 2 N–H and O–H groups in total. The lowest BCUT2D eigenvalue weighted by atomic mass is 9.89. The van der Waals surface area contributed by atoms with Gasteiger partial charge in [0.05, 0.1) is 0 Å². The lowest BCUT2D eigenvalue weighted by Gasteiger charge is -2.43. The second-order valence-corrected chi connectivity index (χ2v) is 7.16. The molecule has 0 aromatic heterocycles. The first-order valence-electron chi connectivity index (χ1n) is 7.88. The van der Waals surface area contributed by atoms with Gasteiger partial charge in [-0.25, -0.2) is 9.18 Å². The Morgan fingerprint density at radius 2 is 1.81 bits per heavy atom. The predicted octanol–water partition coefficient (Wildman–Crippen LogP) is 1.76. The van der Waals surface area contributed by atoms with Gasteiger partial charge in [-0.2, -0.15) is 0 Å². The van der Waals surface area contributed by atoms with Gasteiger partial charge in [0.1, 0.15) is 11.8 Å². The molecule has 1 amide bonds. The van der Waals surface area contributed by atoms with Gasteiger partial charge in [-0.1, -0.05) is 0 Å². The van der Waals surface area contributed by atoms with Crippen LogP contribution in [-0.4, -0.2) is 65.9 Å². The van der Waals surface area contributed by atoms with Gasteiger partial charge in [-0.3, -0.25) is 4.90 Å². The summed E-state index contributed by atoms with van der Waals surface area (Å²) < 4.78 is 19.5. The topological polar surface area (TPSA) is 58.8 Å². The Labute approximate surface area is 126 Å². The molecular formula is C15H28FN3O2. The zero-order valence-electron chi connectivity index (χ0n) is 13.3. The van der Waals surface area contributed by atoms with E-state index >= 15 is 0 Å². The van der Waals surface area contributed by atoms with E-state index < -0.39 is 11.8 Å². The number of rotatable bonds is 1. The molecule has 2 unspecified atom stereocenters. The molecule has 21 heavy (non-hydrogen) atoms. The number of hydrogen-bond donors (Lipinski definition) is 1. The van der Waals surface area contributed by atoms with Crippen LogP contribution < -0.4 is 5.73 Å². The second-order valence-electron chi connectivity index (χ2n) is 7.16. The first-order chi connectivity index (χ1) is 9.76. The van der Waals surface area contributed by atoms with E-state index in [0.717, 1.165) is 12.8 Å². The van der Waals surface area contributed by atoms with Crippen molar-refractivity contribution in [2.45, 2.75) is 63.9 Å². The number of carbonyl (C=O) groups is 1. The van der Waals surface area contributed by atoms with Crippen LogP contribution in [0.15, 0.2) is 0 Å². The summed E-state index contributed by atoms with van der Waals surface area (Å²) in [4.78, 5) is 15.9. The summed E-state index contributed by atoms with van der Waals surface area (Å²) >= 11 is 0. The van der Waals surface area contributed by atoms with E-state index in [1.165, 1.54) is 0 Å². The minimum atomic E-state index is -0.846. The smallest absolute Gasteiger partial charge is 0.410 e. The summed E-state index contributed by atoms with van der Waals surface area (Å²) in [6.45, 7) is 8.20. The number of alkyl halides is 1. The van der Waals surface area contributed by atoms with Crippen LogP contribution in [0.2, 0.25) is 0 Å². The molecule has 0 spiro atoms. The molecule has 0 aromatic rings. The normalized spacial score (nSPS) is 32.0. The van der Waals surface area contributed by atoms with E-state index in [4.69, 9.17) is 10.5 Å². The van der Waals surface area contributed by atoms with Crippen molar-refractivity contribution in [3.63, 3.8) is 0 Å². The number of hydrogen-bond acceptors (Lipinski definition) is 4. The fraction of sp³-hybridized carbons (Fsp3) is 0.933. The Balaban J connectivity index is 1.82. The molecule has 3 atom stereocenters. The number of piperazine rings is 1. The van der Waals surface area contributed by atoms with Crippen LogP contribution in [-0.2, 0) is 4.74 Å².